The average molecular weight is 222 g/mol. The lowest BCUT2D eigenvalue weighted by molar-refractivity contribution is -0.218. The molecule has 0 radical (unpaired) electrons. The number of benzene rings is 1. The molecule has 0 bridgehead atoms. The molecule has 0 spiro atoms. The molecule has 0 aromatic heterocycles. The molecule has 1 aliphatic rings. The van der Waals surface area contributed by atoms with Gasteiger partial charge in [0.05, 0.1) is 6.61 Å². The van der Waals surface area contributed by atoms with Gasteiger partial charge in [0.25, 0.3) is 0 Å². The minimum atomic E-state index is -0.211. The van der Waals surface area contributed by atoms with Crippen LogP contribution in [0.3, 0.4) is 0 Å². The molecule has 1 saturated heterocycles. The molecular formula is C13H18O3. The van der Waals surface area contributed by atoms with E-state index in [4.69, 9.17) is 14.2 Å². The zero-order valence-electron chi connectivity index (χ0n) is 9.59. The highest BCUT2D eigenvalue weighted by Crippen LogP contribution is 2.19. The molecule has 88 valence electrons. The number of methoxy groups -OCH3 is 1. The predicted molar refractivity (Wildman–Crippen MR) is 61.0 cm³/mol. The summed E-state index contributed by atoms with van der Waals surface area (Å²) in [5.74, 6) is 0. The van der Waals surface area contributed by atoms with Crippen molar-refractivity contribution >= 4 is 0 Å². The van der Waals surface area contributed by atoms with Crippen LogP contribution in [0.15, 0.2) is 30.3 Å². The Kier molecular flexibility index (Phi) is 4.34. The Hall–Kier alpha value is -0.900. The van der Waals surface area contributed by atoms with Crippen molar-refractivity contribution in [1.29, 1.82) is 0 Å². The van der Waals surface area contributed by atoms with Crippen molar-refractivity contribution in [2.45, 2.75) is 31.8 Å². The molecule has 3 nitrogen and oxygen atoms in total. The summed E-state index contributed by atoms with van der Waals surface area (Å²) in [5.41, 5.74) is 1.18. The maximum atomic E-state index is 5.82. The van der Waals surface area contributed by atoms with Crippen molar-refractivity contribution < 1.29 is 14.2 Å². The molecule has 0 unspecified atom stereocenters. The van der Waals surface area contributed by atoms with Crippen LogP contribution in [0.4, 0.5) is 0 Å². The van der Waals surface area contributed by atoms with Gasteiger partial charge in [0.2, 0.25) is 0 Å². The fraction of sp³-hybridized carbons (Fsp3) is 0.538. The van der Waals surface area contributed by atoms with Gasteiger partial charge in [-0.2, -0.15) is 0 Å². The summed E-state index contributed by atoms with van der Waals surface area (Å²) in [6.07, 6.45) is 1.89. The van der Waals surface area contributed by atoms with Gasteiger partial charge in [0.1, 0.15) is 6.10 Å². The van der Waals surface area contributed by atoms with Crippen LogP contribution in [-0.2, 0) is 20.8 Å². The first-order chi connectivity index (χ1) is 7.90. The number of ether oxygens (including phenoxy) is 3. The summed E-state index contributed by atoms with van der Waals surface area (Å²) in [6.45, 7) is 1.39. The summed E-state index contributed by atoms with van der Waals surface area (Å²) in [4.78, 5) is 0. The lowest BCUT2D eigenvalue weighted by atomic mass is 10.1. The molecule has 3 heteroatoms. The number of rotatable bonds is 4. The summed E-state index contributed by atoms with van der Waals surface area (Å²) in [5, 5.41) is 0. The predicted octanol–water partition coefficient (Wildman–Crippen LogP) is 2.35. The van der Waals surface area contributed by atoms with Crippen molar-refractivity contribution in [2.24, 2.45) is 0 Å². The van der Waals surface area contributed by atoms with Crippen LogP contribution in [-0.4, -0.2) is 26.1 Å². The number of hydrogen-bond donors (Lipinski definition) is 0. The third-order valence-corrected chi connectivity index (χ3v) is 2.76. The van der Waals surface area contributed by atoms with E-state index >= 15 is 0 Å². The van der Waals surface area contributed by atoms with E-state index in [0.717, 1.165) is 19.4 Å². The van der Waals surface area contributed by atoms with E-state index in [1.807, 2.05) is 18.2 Å². The normalized spacial score (nSPS) is 25.6. The van der Waals surface area contributed by atoms with Gasteiger partial charge in [0, 0.05) is 13.7 Å². The zero-order chi connectivity index (χ0) is 11.2. The lowest BCUT2D eigenvalue weighted by Gasteiger charge is -2.30. The Bertz CT molecular complexity index is 299. The second-order valence-corrected chi connectivity index (χ2v) is 3.95. The van der Waals surface area contributed by atoms with Crippen LogP contribution in [0.5, 0.6) is 0 Å². The van der Waals surface area contributed by atoms with Crippen molar-refractivity contribution in [3.8, 4) is 0 Å². The molecule has 2 rings (SSSR count). The van der Waals surface area contributed by atoms with Gasteiger partial charge < -0.3 is 14.2 Å². The third kappa shape index (κ3) is 3.04. The maximum Gasteiger partial charge on any atom is 0.183 e. The van der Waals surface area contributed by atoms with Gasteiger partial charge in [-0.3, -0.25) is 0 Å². The van der Waals surface area contributed by atoms with Crippen LogP contribution in [0.25, 0.3) is 0 Å². The van der Waals surface area contributed by atoms with Gasteiger partial charge in [-0.25, -0.2) is 0 Å². The van der Waals surface area contributed by atoms with E-state index in [1.165, 1.54) is 5.56 Å². The van der Waals surface area contributed by atoms with Crippen molar-refractivity contribution in [3.05, 3.63) is 35.9 Å². The molecule has 1 heterocycles. The van der Waals surface area contributed by atoms with Gasteiger partial charge >= 0.3 is 0 Å². The summed E-state index contributed by atoms with van der Waals surface area (Å²) < 4.78 is 16.5. The van der Waals surface area contributed by atoms with E-state index in [1.54, 1.807) is 7.11 Å². The molecule has 1 fully saturated rings. The van der Waals surface area contributed by atoms with Crippen molar-refractivity contribution in [1.82, 2.24) is 0 Å². The van der Waals surface area contributed by atoms with Crippen LogP contribution in [0.2, 0.25) is 0 Å². The Labute approximate surface area is 96.3 Å². The molecule has 1 aliphatic heterocycles. The summed E-state index contributed by atoms with van der Waals surface area (Å²) in [6, 6.07) is 10.2. The highest BCUT2D eigenvalue weighted by molar-refractivity contribution is 5.13. The second-order valence-electron chi connectivity index (χ2n) is 3.95. The Balaban J connectivity index is 1.84. The minimum absolute atomic E-state index is 0.0546. The summed E-state index contributed by atoms with van der Waals surface area (Å²) >= 11 is 0. The standard InChI is InChI=1S/C13H18O3/c1-14-13-12(8-5-9-15-13)16-10-11-6-3-2-4-7-11/h2-4,6-7,12-13H,5,8-10H2,1H3/t12-,13-/m1/s1. The van der Waals surface area contributed by atoms with E-state index in [0.29, 0.717) is 6.61 Å². The van der Waals surface area contributed by atoms with E-state index in [2.05, 4.69) is 12.1 Å². The van der Waals surface area contributed by atoms with Crippen LogP contribution in [0.1, 0.15) is 18.4 Å². The van der Waals surface area contributed by atoms with Crippen LogP contribution in [0, 0.1) is 0 Å². The first-order valence-electron chi connectivity index (χ1n) is 5.70. The highest BCUT2D eigenvalue weighted by atomic mass is 16.7. The maximum absolute atomic E-state index is 5.82. The third-order valence-electron chi connectivity index (χ3n) is 2.76. The minimum Gasteiger partial charge on any atom is -0.368 e. The number of hydrogen-bond acceptors (Lipinski definition) is 3. The molecule has 16 heavy (non-hydrogen) atoms. The van der Waals surface area contributed by atoms with E-state index in [9.17, 15) is 0 Å². The monoisotopic (exact) mass is 222 g/mol. The van der Waals surface area contributed by atoms with Crippen molar-refractivity contribution in [3.63, 3.8) is 0 Å². The fourth-order valence-corrected chi connectivity index (χ4v) is 1.89. The molecule has 1 aromatic carbocycles. The molecule has 2 atom stereocenters. The van der Waals surface area contributed by atoms with E-state index in [-0.39, 0.29) is 12.4 Å². The zero-order valence-corrected chi connectivity index (χ0v) is 9.59. The Morgan fingerprint density at radius 1 is 1.31 bits per heavy atom. The summed E-state index contributed by atoms with van der Waals surface area (Å²) in [7, 11) is 1.66. The van der Waals surface area contributed by atoms with Gasteiger partial charge in [-0.05, 0) is 18.4 Å². The van der Waals surface area contributed by atoms with Crippen LogP contribution < -0.4 is 0 Å². The molecule has 1 aromatic rings. The van der Waals surface area contributed by atoms with Gasteiger partial charge in [-0.1, -0.05) is 30.3 Å². The molecular weight excluding hydrogens is 204 g/mol. The topological polar surface area (TPSA) is 27.7 Å². The fourth-order valence-electron chi connectivity index (χ4n) is 1.89. The highest BCUT2D eigenvalue weighted by Gasteiger charge is 2.26. The molecule has 0 amide bonds. The lowest BCUT2D eigenvalue weighted by Crippen LogP contribution is -2.37. The van der Waals surface area contributed by atoms with E-state index < -0.39 is 0 Å². The first kappa shape index (κ1) is 11.6. The Morgan fingerprint density at radius 2 is 2.12 bits per heavy atom. The SMILES string of the molecule is CO[C@@H]1OCCC[C@H]1OCc1ccccc1. The second kappa shape index (κ2) is 5.99. The quantitative estimate of drug-likeness (QED) is 0.782. The smallest absolute Gasteiger partial charge is 0.183 e. The molecule has 0 N–H and O–H groups in total. The van der Waals surface area contributed by atoms with Crippen molar-refractivity contribution in [2.75, 3.05) is 13.7 Å². The van der Waals surface area contributed by atoms with Gasteiger partial charge in [-0.15, -0.1) is 0 Å². The van der Waals surface area contributed by atoms with Crippen LogP contribution >= 0.6 is 0 Å². The van der Waals surface area contributed by atoms with Gasteiger partial charge in [0.15, 0.2) is 6.29 Å². The molecule has 0 saturated carbocycles. The Morgan fingerprint density at radius 3 is 2.88 bits per heavy atom. The largest absolute Gasteiger partial charge is 0.368 e. The first-order valence-corrected chi connectivity index (χ1v) is 5.70. The average Bonchev–Trinajstić information content (AvgIpc) is 2.38. The molecule has 0 aliphatic carbocycles.